The number of hydrogen-bond donors (Lipinski definition) is 0. The van der Waals surface area contributed by atoms with Crippen molar-refractivity contribution >= 4 is 15.7 Å². The second-order valence-corrected chi connectivity index (χ2v) is 9.19. The van der Waals surface area contributed by atoms with Crippen LogP contribution in [0.5, 0.6) is 5.75 Å². The number of sulfone groups is 1. The fourth-order valence-corrected chi connectivity index (χ4v) is 5.09. The van der Waals surface area contributed by atoms with E-state index in [9.17, 15) is 17.6 Å². The zero-order valence-corrected chi connectivity index (χ0v) is 16.6. The first-order valence-corrected chi connectivity index (χ1v) is 11.2. The third kappa shape index (κ3) is 4.90. The van der Waals surface area contributed by atoms with Gasteiger partial charge in [0, 0.05) is 12.6 Å². The van der Waals surface area contributed by atoms with E-state index < -0.39 is 21.7 Å². The molecule has 1 atom stereocenters. The smallest absolute Gasteiger partial charge is 0.258 e. The summed E-state index contributed by atoms with van der Waals surface area (Å²) >= 11 is 0. The second kappa shape index (κ2) is 8.73. The normalized spacial score (nSPS) is 18.0. The van der Waals surface area contributed by atoms with Crippen LogP contribution in [0.25, 0.3) is 0 Å². The molecule has 1 aliphatic heterocycles. The number of hydrogen-bond acceptors (Lipinski definition) is 4. The molecule has 2 aromatic rings. The average Bonchev–Trinajstić information content (AvgIpc) is 3.03. The van der Waals surface area contributed by atoms with E-state index in [1.54, 1.807) is 36.4 Å². The van der Waals surface area contributed by atoms with Crippen molar-refractivity contribution in [3.63, 3.8) is 0 Å². The predicted molar refractivity (Wildman–Crippen MR) is 106 cm³/mol. The van der Waals surface area contributed by atoms with Gasteiger partial charge in [-0.1, -0.05) is 31.2 Å². The van der Waals surface area contributed by atoms with E-state index in [0.29, 0.717) is 29.9 Å². The van der Waals surface area contributed by atoms with Gasteiger partial charge in [-0.25, -0.2) is 12.8 Å². The van der Waals surface area contributed by atoms with Crippen molar-refractivity contribution in [1.82, 2.24) is 4.90 Å². The molecule has 28 heavy (non-hydrogen) atoms. The first kappa shape index (κ1) is 20.3. The summed E-state index contributed by atoms with van der Waals surface area (Å²) in [6, 6.07) is 12.5. The molecular formula is C21H24FNO4S. The number of benzene rings is 2. The summed E-state index contributed by atoms with van der Waals surface area (Å²) in [5, 5.41) is 0. The maximum Gasteiger partial charge on any atom is 0.258 e. The number of halogens is 1. The van der Waals surface area contributed by atoms with Crippen LogP contribution >= 0.6 is 0 Å². The van der Waals surface area contributed by atoms with Gasteiger partial charge in [0.15, 0.2) is 9.84 Å². The molecule has 1 unspecified atom stereocenters. The molecule has 2 aromatic carbocycles. The van der Waals surface area contributed by atoms with Crippen LogP contribution in [0, 0.1) is 5.82 Å². The highest BCUT2D eigenvalue weighted by atomic mass is 32.2. The van der Waals surface area contributed by atoms with Crippen LogP contribution in [0.1, 0.15) is 35.7 Å². The van der Waals surface area contributed by atoms with E-state index in [4.69, 9.17) is 4.74 Å². The molecule has 0 aliphatic carbocycles. The van der Waals surface area contributed by atoms with E-state index in [-0.39, 0.29) is 24.0 Å². The fourth-order valence-electron chi connectivity index (χ4n) is 3.36. The van der Waals surface area contributed by atoms with Gasteiger partial charge in [-0.05, 0) is 42.7 Å². The molecular weight excluding hydrogens is 381 g/mol. The number of para-hydroxylation sites is 1. The van der Waals surface area contributed by atoms with Crippen molar-refractivity contribution in [2.24, 2.45) is 0 Å². The molecule has 1 heterocycles. The Kier molecular flexibility index (Phi) is 6.34. The molecule has 1 amide bonds. The predicted octanol–water partition coefficient (Wildman–Crippen LogP) is 3.44. The number of rotatable bonds is 7. The minimum absolute atomic E-state index is 0.0541. The van der Waals surface area contributed by atoms with E-state index in [1.807, 2.05) is 6.92 Å². The third-order valence-electron chi connectivity index (χ3n) is 4.73. The number of carbonyl (C=O) groups excluding carboxylic acids is 1. The maximum atomic E-state index is 13.6. The summed E-state index contributed by atoms with van der Waals surface area (Å²) in [5.41, 5.74) is 1.00. The van der Waals surface area contributed by atoms with E-state index in [2.05, 4.69) is 0 Å². The van der Waals surface area contributed by atoms with Crippen molar-refractivity contribution in [3.8, 4) is 5.75 Å². The molecule has 0 saturated carbocycles. The molecule has 0 bridgehead atoms. The number of amides is 1. The Hall–Kier alpha value is -2.41. The van der Waals surface area contributed by atoms with Crippen molar-refractivity contribution in [1.29, 1.82) is 0 Å². The van der Waals surface area contributed by atoms with Crippen LogP contribution in [-0.4, -0.2) is 43.4 Å². The zero-order valence-electron chi connectivity index (χ0n) is 15.8. The van der Waals surface area contributed by atoms with Gasteiger partial charge in [0.1, 0.15) is 11.6 Å². The quantitative estimate of drug-likeness (QED) is 0.708. The third-order valence-corrected chi connectivity index (χ3v) is 6.48. The van der Waals surface area contributed by atoms with Crippen LogP contribution in [0.15, 0.2) is 48.5 Å². The molecule has 5 nitrogen and oxygen atoms in total. The highest BCUT2D eigenvalue weighted by molar-refractivity contribution is 7.91. The highest BCUT2D eigenvalue weighted by Crippen LogP contribution is 2.26. The average molecular weight is 405 g/mol. The maximum absolute atomic E-state index is 13.6. The summed E-state index contributed by atoms with van der Waals surface area (Å²) in [7, 11) is -3.18. The van der Waals surface area contributed by atoms with Crippen LogP contribution in [-0.2, 0) is 16.4 Å². The van der Waals surface area contributed by atoms with Crippen molar-refractivity contribution in [2.75, 3.05) is 18.1 Å². The van der Waals surface area contributed by atoms with Crippen molar-refractivity contribution in [2.45, 2.75) is 32.4 Å². The van der Waals surface area contributed by atoms with Crippen LogP contribution < -0.4 is 4.74 Å². The Labute approximate surface area is 165 Å². The molecule has 150 valence electrons. The Balaban J connectivity index is 1.93. The molecule has 1 aliphatic rings. The molecule has 1 saturated heterocycles. The Morgan fingerprint density at radius 3 is 2.68 bits per heavy atom. The highest BCUT2D eigenvalue weighted by Gasteiger charge is 2.35. The van der Waals surface area contributed by atoms with E-state index in [1.165, 1.54) is 17.0 Å². The lowest BCUT2D eigenvalue weighted by Gasteiger charge is -2.29. The summed E-state index contributed by atoms with van der Waals surface area (Å²) < 4.78 is 43.3. The molecule has 0 aromatic heterocycles. The minimum Gasteiger partial charge on any atom is -0.493 e. The van der Waals surface area contributed by atoms with E-state index in [0.717, 1.165) is 6.42 Å². The van der Waals surface area contributed by atoms with Gasteiger partial charge >= 0.3 is 0 Å². The summed E-state index contributed by atoms with van der Waals surface area (Å²) in [5.74, 6) is -0.252. The van der Waals surface area contributed by atoms with Crippen LogP contribution in [0.4, 0.5) is 4.39 Å². The summed E-state index contributed by atoms with van der Waals surface area (Å²) in [6.07, 6.45) is 1.18. The van der Waals surface area contributed by atoms with Gasteiger partial charge in [0.2, 0.25) is 0 Å². The van der Waals surface area contributed by atoms with Crippen molar-refractivity contribution < 1.29 is 22.3 Å². The standard InChI is InChI=1S/C21H24FNO4S/c1-2-11-27-20-9-4-3-8-19(20)21(24)23(18-10-12-28(25,26)15-18)14-16-6-5-7-17(22)13-16/h3-9,13,18H,2,10-12,14-15H2,1H3. The number of carbonyl (C=O) groups is 1. The van der Waals surface area contributed by atoms with Gasteiger partial charge in [0.05, 0.1) is 23.7 Å². The molecule has 0 radical (unpaired) electrons. The van der Waals surface area contributed by atoms with Gasteiger partial charge in [-0.15, -0.1) is 0 Å². The zero-order chi connectivity index (χ0) is 20.1. The monoisotopic (exact) mass is 405 g/mol. The second-order valence-electron chi connectivity index (χ2n) is 6.96. The van der Waals surface area contributed by atoms with Gasteiger partial charge in [-0.2, -0.15) is 0 Å². The van der Waals surface area contributed by atoms with Crippen molar-refractivity contribution in [3.05, 3.63) is 65.5 Å². The summed E-state index contributed by atoms with van der Waals surface area (Å²) in [6.45, 7) is 2.59. The van der Waals surface area contributed by atoms with Gasteiger partial charge < -0.3 is 9.64 Å². The Morgan fingerprint density at radius 1 is 1.21 bits per heavy atom. The van der Waals surface area contributed by atoms with Gasteiger partial charge in [-0.3, -0.25) is 4.79 Å². The lowest BCUT2D eigenvalue weighted by atomic mass is 10.1. The lowest BCUT2D eigenvalue weighted by molar-refractivity contribution is 0.0676. The molecule has 1 fully saturated rings. The first-order valence-electron chi connectivity index (χ1n) is 9.37. The summed E-state index contributed by atoms with van der Waals surface area (Å²) in [4.78, 5) is 14.9. The van der Waals surface area contributed by atoms with Crippen LogP contribution in [0.2, 0.25) is 0 Å². The minimum atomic E-state index is -3.18. The Morgan fingerprint density at radius 2 is 2.00 bits per heavy atom. The van der Waals surface area contributed by atoms with Gasteiger partial charge in [0.25, 0.3) is 5.91 Å². The topological polar surface area (TPSA) is 63.7 Å². The lowest BCUT2D eigenvalue weighted by Crippen LogP contribution is -2.40. The SMILES string of the molecule is CCCOc1ccccc1C(=O)N(Cc1cccc(F)c1)C1CCS(=O)(=O)C1. The Bertz CT molecular complexity index is 945. The molecule has 3 rings (SSSR count). The number of nitrogens with zero attached hydrogens (tertiary/aromatic N) is 1. The van der Waals surface area contributed by atoms with E-state index >= 15 is 0 Å². The number of ether oxygens (including phenoxy) is 1. The molecule has 0 spiro atoms. The molecule has 7 heteroatoms. The molecule has 0 N–H and O–H groups in total. The fraction of sp³-hybridized carbons (Fsp3) is 0.381. The van der Waals surface area contributed by atoms with Crippen LogP contribution in [0.3, 0.4) is 0 Å². The largest absolute Gasteiger partial charge is 0.493 e. The first-order chi connectivity index (χ1) is 13.4.